The number of amides is 1. The lowest BCUT2D eigenvalue weighted by molar-refractivity contribution is -0.145. The highest BCUT2D eigenvalue weighted by molar-refractivity contribution is 6.31. The second kappa shape index (κ2) is 8.16. The molecule has 2 atom stereocenters. The van der Waals surface area contributed by atoms with E-state index >= 15 is 0 Å². The monoisotopic (exact) mass is 356 g/mol. The number of ether oxygens (including phenoxy) is 1. The third-order valence-electron chi connectivity index (χ3n) is 4.75. The lowest BCUT2D eigenvalue weighted by Gasteiger charge is -2.36. The lowest BCUT2D eigenvalue weighted by atomic mass is 9.85. The first-order valence-electron chi connectivity index (χ1n) is 8.06. The number of hydrogen-bond donors (Lipinski definition) is 3. The van der Waals surface area contributed by atoms with Crippen molar-refractivity contribution in [1.29, 1.82) is 0 Å². The molecule has 1 aliphatic rings. The van der Waals surface area contributed by atoms with Crippen LogP contribution in [-0.4, -0.2) is 53.9 Å². The molecule has 1 fully saturated rings. The van der Waals surface area contributed by atoms with E-state index < -0.39 is 6.10 Å². The van der Waals surface area contributed by atoms with Crippen LogP contribution < -0.4 is 5.73 Å². The Morgan fingerprint density at radius 1 is 1.46 bits per heavy atom. The number of aryl methyl sites for hydroxylation is 1. The third-order valence-corrected chi connectivity index (χ3v) is 5.16. The minimum Gasteiger partial charge on any atom is -0.508 e. The molecule has 1 heterocycles. The number of rotatable bonds is 5. The summed E-state index contributed by atoms with van der Waals surface area (Å²) in [6.45, 7) is 2.61. The summed E-state index contributed by atoms with van der Waals surface area (Å²) in [6, 6.07) is 3.01. The number of hydrogen-bond acceptors (Lipinski definition) is 5. The Balaban J connectivity index is 2.02. The van der Waals surface area contributed by atoms with Gasteiger partial charge in [-0.1, -0.05) is 11.6 Å². The smallest absolute Gasteiger partial charge is 0.254 e. The zero-order valence-corrected chi connectivity index (χ0v) is 14.8. The second-order valence-corrected chi connectivity index (χ2v) is 6.66. The van der Waals surface area contributed by atoms with Crippen LogP contribution in [0.5, 0.6) is 5.75 Å². The van der Waals surface area contributed by atoms with Crippen molar-refractivity contribution in [2.24, 2.45) is 11.7 Å². The van der Waals surface area contributed by atoms with Crippen LogP contribution in [0.3, 0.4) is 0 Å². The molecule has 2 rings (SSSR count). The van der Waals surface area contributed by atoms with E-state index in [1.807, 2.05) is 6.92 Å². The molecule has 7 heteroatoms. The Morgan fingerprint density at radius 2 is 2.08 bits per heavy atom. The lowest BCUT2D eigenvalue weighted by Crippen LogP contribution is -2.46. The van der Waals surface area contributed by atoms with E-state index in [1.54, 1.807) is 17.0 Å². The van der Waals surface area contributed by atoms with Gasteiger partial charge in [0.15, 0.2) is 6.10 Å². The summed E-state index contributed by atoms with van der Waals surface area (Å²) in [5, 5.41) is 19.9. The molecule has 0 unspecified atom stereocenters. The summed E-state index contributed by atoms with van der Waals surface area (Å²) in [4.78, 5) is 13.9. The second-order valence-electron chi connectivity index (χ2n) is 6.26. The van der Waals surface area contributed by atoms with Gasteiger partial charge in [0.1, 0.15) is 5.75 Å². The number of methoxy groups -OCH3 is 1. The molecule has 1 aromatic rings. The molecule has 4 N–H and O–H groups in total. The molecule has 0 radical (unpaired) electrons. The number of aliphatic hydroxyl groups excluding tert-OH is 1. The summed E-state index contributed by atoms with van der Waals surface area (Å²) < 4.78 is 4.98. The number of aliphatic hydroxyl groups is 1. The molecular weight excluding hydrogens is 332 g/mol. The van der Waals surface area contributed by atoms with E-state index in [9.17, 15) is 9.90 Å². The van der Waals surface area contributed by atoms with Crippen molar-refractivity contribution < 1.29 is 19.7 Å². The van der Waals surface area contributed by atoms with Crippen molar-refractivity contribution >= 4 is 17.5 Å². The molecule has 0 spiro atoms. The molecule has 1 amide bonds. The first-order chi connectivity index (χ1) is 11.4. The maximum absolute atomic E-state index is 12.2. The highest BCUT2D eigenvalue weighted by atomic mass is 35.5. The van der Waals surface area contributed by atoms with Crippen LogP contribution in [0.1, 0.15) is 30.0 Å². The van der Waals surface area contributed by atoms with Gasteiger partial charge in [0.25, 0.3) is 5.91 Å². The van der Waals surface area contributed by atoms with E-state index in [0.717, 1.165) is 18.4 Å². The molecule has 1 saturated heterocycles. The number of phenolic OH excluding ortho intramolecular Hbond substituents is 1. The van der Waals surface area contributed by atoms with Crippen LogP contribution in [0, 0.1) is 12.8 Å². The Bertz CT molecular complexity index is 584. The van der Waals surface area contributed by atoms with Gasteiger partial charge in [-0.3, -0.25) is 4.79 Å². The maximum Gasteiger partial charge on any atom is 0.254 e. The number of benzene rings is 1. The predicted octanol–water partition coefficient (Wildman–Crippen LogP) is 1.60. The van der Waals surface area contributed by atoms with Crippen molar-refractivity contribution in [3.05, 3.63) is 28.3 Å². The quantitative estimate of drug-likeness (QED) is 0.744. The number of carbonyl (C=O) groups excluding carboxylic acids is 1. The van der Waals surface area contributed by atoms with Gasteiger partial charge < -0.3 is 25.6 Å². The number of phenols is 1. The topological polar surface area (TPSA) is 96.0 Å². The Kier molecular flexibility index (Phi) is 6.46. The third kappa shape index (κ3) is 4.00. The zero-order chi connectivity index (χ0) is 17.9. The molecule has 1 aliphatic heterocycles. The van der Waals surface area contributed by atoms with Gasteiger partial charge in [0.05, 0.1) is 6.61 Å². The first-order valence-corrected chi connectivity index (χ1v) is 8.43. The number of halogens is 1. The van der Waals surface area contributed by atoms with Gasteiger partial charge in [0.2, 0.25) is 0 Å². The molecule has 0 aromatic heterocycles. The van der Waals surface area contributed by atoms with E-state index in [0.29, 0.717) is 23.7 Å². The minimum atomic E-state index is -0.810. The molecule has 0 aliphatic carbocycles. The Hall–Kier alpha value is -1.34. The van der Waals surface area contributed by atoms with E-state index in [-0.39, 0.29) is 30.2 Å². The van der Waals surface area contributed by atoms with Gasteiger partial charge in [-0.05, 0) is 43.4 Å². The van der Waals surface area contributed by atoms with Crippen LogP contribution in [0.25, 0.3) is 0 Å². The highest BCUT2D eigenvalue weighted by Crippen LogP contribution is 2.36. The maximum atomic E-state index is 12.2. The normalized spacial score (nSPS) is 18.5. The van der Waals surface area contributed by atoms with Crippen molar-refractivity contribution in [3.63, 3.8) is 0 Å². The molecule has 24 heavy (non-hydrogen) atoms. The van der Waals surface area contributed by atoms with Crippen LogP contribution in [0.4, 0.5) is 0 Å². The predicted molar refractivity (Wildman–Crippen MR) is 92.0 cm³/mol. The Morgan fingerprint density at radius 3 is 2.62 bits per heavy atom. The van der Waals surface area contributed by atoms with Crippen LogP contribution in [0.15, 0.2) is 12.1 Å². The molecule has 0 bridgehead atoms. The van der Waals surface area contributed by atoms with Gasteiger partial charge in [-0.25, -0.2) is 0 Å². The number of nitrogens with zero attached hydrogens (tertiary/aromatic N) is 1. The standard InChI is InChI=1S/C17H25ClN2O4/c1-10-7-14(22)12(8-13(10)18)16(19)11-3-5-20(6-4-11)17(23)15(9-21)24-2/h7-8,11,15-16,21-22H,3-6,9,19H2,1-2H3/t15-,16-/m1/s1. The van der Waals surface area contributed by atoms with Crippen molar-refractivity contribution in [2.75, 3.05) is 26.8 Å². The average Bonchev–Trinajstić information content (AvgIpc) is 2.58. The summed E-state index contributed by atoms with van der Waals surface area (Å²) in [6.07, 6.45) is 0.634. The fraction of sp³-hybridized carbons (Fsp3) is 0.588. The van der Waals surface area contributed by atoms with Crippen LogP contribution >= 0.6 is 11.6 Å². The summed E-state index contributed by atoms with van der Waals surface area (Å²) in [7, 11) is 1.41. The fourth-order valence-corrected chi connectivity index (χ4v) is 3.31. The van der Waals surface area contributed by atoms with Gasteiger partial charge >= 0.3 is 0 Å². The average molecular weight is 357 g/mol. The number of aromatic hydroxyl groups is 1. The molecule has 0 saturated carbocycles. The van der Waals surface area contributed by atoms with E-state index in [4.69, 9.17) is 27.2 Å². The van der Waals surface area contributed by atoms with Gasteiger partial charge in [-0.15, -0.1) is 0 Å². The summed E-state index contributed by atoms with van der Waals surface area (Å²) >= 11 is 6.14. The zero-order valence-electron chi connectivity index (χ0n) is 14.0. The highest BCUT2D eigenvalue weighted by Gasteiger charge is 2.31. The van der Waals surface area contributed by atoms with E-state index in [2.05, 4.69) is 0 Å². The van der Waals surface area contributed by atoms with Gasteiger partial charge in [0, 0.05) is 36.8 Å². The van der Waals surface area contributed by atoms with Crippen molar-refractivity contribution in [1.82, 2.24) is 4.90 Å². The minimum absolute atomic E-state index is 0.147. The number of piperidine rings is 1. The molecular formula is C17H25ClN2O4. The van der Waals surface area contributed by atoms with E-state index in [1.165, 1.54) is 7.11 Å². The van der Waals surface area contributed by atoms with Gasteiger partial charge in [-0.2, -0.15) is 0 Å². The molecule has 134 valence electrons. The number of carbonyl (C=O) groups is 1. The van der Waals surface area contributed by atoms with Crippen molar-refractivity contribution in [3.8, 4) is 5.75 Å². The number of nitrogens with two attached hydrogens (primary N) is 1. The number of likely N-dealkylation sites (tertiary alicyclic amines) is 1. The van der Waals surface area contributed by atoms with Crippen LogP contribution in [-0.2, 0) is 9.53 Å². The summed E-state index contributed by atoms with van der Waals surface area (Å²) in [5.41, 5.74) is 7.78. The SMILES string of the molecule is CO[C@H](CO)C(=O)N1CCC([C@@H](N)c2cc(Cl)c(C)cc2O)CC1. The fourth-order valence-electron chi connectivity index (χ4n) is 3.14. The molecule has 6 nitrogen and oxygen atoms in total. The molecule has 1 aromatic carbocycles. The van der Waals surface area contributed by atoms with Crippen LogP contribution in [0.2, 0.25) is 5.02 Å². The Labute approximate surface area is 147 Å². The largest absolute Gasteiger partial charge is 0.508 e. The van der Waals surface area contributed by atoms with Crippen molar-refractivity contribution in [2.45, 2.75) is 31.9 Å². The first kappa shape index (κ1) is 19.0. The summed E-state index contributed by atoms with van der Waals surface area (Å²) in [5.74, 6) is 0.102.